The van der Waals surface area contributed by atoms with Gasteiger partial charge in [0.1, 0.15) is 0 Å². The summed E-state index contributed by atoms with van der Waals surface area (Å²) in [6.45, 7) is 4.64. The lowest BCUT2D eigenvalue weighted by molar-refractivity contribution is 0.177. The second-order valence-corrected chi connectivity index (χ2v) is 7.59. The standard InChI is InChI=1S/C18H18Cl3N3S/c19-14-3-1-13(2-4-14)12-23-7-9-24(10-8-23)18(25)22-15-5-6-16(20)17(21)11-15/h1-6,11H,7-10,12H2,(H,22,25). The van der Waals surface area contributed by atoms with Gasteiger partial charge in [0.05, 0.1) is 10.0 Å². The second-order valence-electron chi connectivity index (χ2n) is 5.95. The quantitative estimate of drug-likeness (QED) is 0.699. The molecular formula is C18H18Cl3N3S. The van der Waals surface area contributed by atoms with Crippen LogP contribution >= 0.6 is 47.0 Å². The van der Waals surface area contributed by atoms with E-state index in [1.807, 2.05) is 18.2 Å². The number of anilines is 1. The predicted octanol–water partition coefficient (Wildman–Crippen LogP) is 5.16. The van der Waals surface area contributed by atoms with Gasteiger partial charge in [0.25, 0.3) is 0 Å². The van der Waals surface area contributed by atoms with Crippen molar-refractivity contribution in [2.75, 3.05) is 31.5 Å². The highest BCUT2D eigenvalue weighted by Gasteiger charge is 2.19. The Morgan fingerprint density at radius 1 is 0.920 bits per heavy atom. The van der Waals surface area contributed by atoms with E-state index in [9.17, 15) is 0 Å². The minimum absolute atomic E-state index is 0.516. The summed E-state index contributed by atoms with van der Waals surface area (Å²) in [5.41, 5.74) is 2.12. The average molecular weight is 415 g/mol. The largest absolute Gasteiger partial charge is 0.346 e. The molecule has 3 rings (SSSR count). The van der Waals surface area contributed by atoms with Crippen molar-refractivity contribution in [2.24, 2.45) is 0 Å². The molecule has 1 N–H and O–H groups in total. The second kappa shape index (κ2) is 8.56. The van der Waals surface area contributed by atoms with Crippen molar-refractivity contribution in [1.29, 1.82) is 0 Å². The van der Waals surface area contributed by atoms with E-state index >= 15 is 0 Å². The molecule has 0 saturated carbocycles. The lowest BCUT2D eigenvalue weighted by atomic mass is 10.2. The first-order chi connectivity index (χ1) is 12.0. The Labute approximate surface area is 168 Å². The highest BCUT2D eigenvalue weighted by molar-refractivity contribution is 7.80. The average Bonchev–Trinajstić information content (AvgIpc) is 2.61. The van der Waals surface area contributed by atoms with Crippen molar-refractivity contribution in [1.82, 2.24) is 9.80 Å². The molecule has 0 radical (unpaired) electrons. The molecule has 0 aromatic heterocycles. The summed E-state index contributed by atoms with van der Waals surface area (Å²) in [5, 5.41) is 5.77. The molecule has 2 aromatic carbocycles. The van der Waals surface area contributed by atoms with Crippen molar-refractivity contribution in [3.05, 3.63) is 63.1 Å². The van der Waals surface area contributed by atoms with E-state index in [0.29, 0.717) is 15.2 Å². The number of hydrogen-bond donors (Lipinski definition) is 1. The summed E-state index contributed by atoms with van der Waals surface area (Å²) in [5.74, 6) is 0. The van der Waals surface area contributed by atoms with Gasteiger partial charge >= 0.3 is 0 Å². The SMILES string of the molecule is S=C(Nc1ccc(Cl)c(Cl)c1)N1CCN(Cc2ccc(Cl)cc2)CC1. The van der Waals surface area contributed by atoms with Gasteiger partial charge in [-0.05, 0) is 48.1 Å². The number of piperazine rings is 1. The third kappa shape index (κ3) is 5.22. The van der Waals surface area contributed by atoms with Crippen LogP contribution in [-0.2, 0) is 6.54 Å². The van der Waals surface area contributed by atoms with E-state index in [1.165, 1.54) is 5.56 Å². The van der Waals surface area contributed by atoms with Gasteiger partial charge in [-0.3, -0.25) is 4.90 Å². The van der Waals surface area contributed by atoms with Gasteiger partial charge in [0.2, 0.25) is 0 Å². The molecule has 132 valence electrons. The van der Waals surface area contributed by atoms with Crippen LogP contribution in [0.25, 0.3) is 0 Å². The normalized spacial score (nSPS) is 15.2. The maximum Gasteiger partial charge on any atom is 0.173 e. The van der Waals surface area contributed by atoms with E-state index in [4.69, 9.17) is 47.0 Å². The number of nitrogens with zero attached hydrogens (tertiary/aromatic N) is 2. The third-order valence-electron chi connectivity index (χ3n) is 4.15. The fourth-order valence-corrected chi connectivity index (χ4v) is 3.46. The van der Waals surface area contributed by atoms with E-state index in [-0.39, 0.29) is 0 Å². The van der Waals surface area contributed by atoms with Gasteiger partial charge < -0.3 is 10.2 Å². The maximum absolute atomic E-state index is 6.05. The Morgan fingerprint density at radius 2 is 1.60 bits per heavy atom. The van der Waals surface area contributed by atoms with Crippen LogP contribution in [0.5, 0.6) is 0 Å². The van der Waals surface area contributed by atoms with E-state index in [1.54, 1.807) is 12.1 Å². The Morgan fingerprint density at radius 3 is 2.24 bits per heavy atom. The van der Waals surface area contributed by atoms with Gasteiger partial charge in [-0.25, -0.2) is 0 Å². The van der Waals surface area contributed by atoms with Gasteiger partial charge in [0, 0.05) is 43.4 Å². The van der Waals surface area contributed by atoms with Crippen LogP contribution in [0.15, 0.2) is 42.5 Å². The molecule has 3 nitrogen and oxygen atoms in total. The molecule has 1 saturated heterocycles. The number of benzene rings is 2. The minimum Gasteiger partial charge on any atom is -0.346 e. The van der Waals surface area contributed by atoms with Crippen LogP contribution in [0.4, 0.5) is 5.69 Å². The summed E-state index contributed by atoms with van der Waals surface area (Å²) in [6, 6.07) is 13.4. The topological polar surface area (TPSA) is 18.5 Å². The van der Waals surface area contributed by atoms with Gasteiger partial charge in [-0.15, -0.1) is 0 Å². The zero-order valence-electron chi connectivity index (χ0n) is 13.5. The molecule has 25 heavy (non-hydrogen) atoms. The summed E-state index contributed by atoms with van der Waals surface area (Å²) in [4.78, 5) is 4.59. The summed E-state index contributed by atoms with van der Waals surface area (Å²) in [7, 11) is 0. The fraction of sp³-hybridized carbons (Fsp3) is 0.278. The van der Waals surface area contributed by atoms with Gasteiger partial charge in [0.15, 0.2) is 5.11 Å². The number of rotatable bonds is 3. The molecule has 1 aliphatic rings. The monoisotopic (exact) mass is 413 g/mol. The molecule has 1 aliphatic heterocycles. The van der Waals surface area contributed by atoms with Crippen molar-refractivity contribution >= 4 is 57.8 Å². The first-order valence-corrected chi connectivity index (χ1v) is 9.53. The van der Waals surface area contributed by atoms with Crippen LogP contribution in [-0.4, -0.2) is 41.1 Å². The summed E-state index contributed by atoms with van der Waals surface area (Å²) < 4.78 is 0. The fourth-order valence-electron chi connectivity index (χ4n) is 2.73. The zero-order valence-corrected chi connectivity index (χ0v) is 16.6. The smallest absolute Gasteiger partial charge is 0.173 e. The number of halogens is 3. The third-order valence-corrected chi connectivity index (χ3v) is 5.50. The molecule has 7 heteroatoms. The Kier molecular flexibility index (Phi) is 6.42. The van der Waals surface area contributed by atoms with Crippen LogP contribution in [0, 0.1) is 0 Å². The molecule has 0 amide bonds. The molecule has 0 bridgehead atoms. The van der Waals surface area contributed by atoms with E-state index in [2.05, 4.69) is 27.2 Å². The first-order valence-electron chi connectivity index (χ1n) is 7.99. The number of hydrogen-bond acceptors (Lipinski definition) is 2. The van der Waals surface area contributed by atoms with Crippen LogP contribution in [0.3, 0.4) is 0 Å². The van der Waals surface area contributed by atoms with Crippen LogP contribution in [0.2, 0.25) is 15.1 Å². The number of thiocarbonyl (C=S) groups is 1. The highest BCUT2D eigenvalue weighted by atomic mass is 35.5. The summed E-state index contributed by atoms with van der Waals surface area (Å²) >= 11 is 23.4. The van der Waals surface area contributed by atoms with Crippen LogP contribution < -0.4 is 5.32 Å². The number of nitrogens with one attached hydrogen (secondary N) is 1. The van der Waals surface area contributed by atoms with Crippen molar-refractivity contribution in [3.63, 3.8) is 0 Å². The van der Waals surface area contributed by atoms with Gasteiger partial charge in [-0.2, -0.15) is 0 Å². The molecular weight excluding hydrogens is 397 g/mol. The lowest BCUT2D eigenvalue weighted by Crippen LogP contribution is -2.49. The van der Waals surface area contributed by atoms with Crippen LogP contribution in [0.1, 0.15) is 5.56 Å². The zero-order chi connectivity index (χ0) is 17.8. The predicted molar refractivity (Wildman–Crippen MR) is 111 cm³/mol. The van der Waals surface area contributed by atoms with E-state index < -0.39 is 0 Å². The summed E-state index contributed by atoms with van der Waals surface area (Å²) in [6.07, 6.45) is 0. The maximum atomic E-state index is 6.05. The highest BCUT2D eigenvalue weighted by Crippen LogP contribution is 2.25. The van der Waals surface area contributed by atoms with Crippen molar-refractivity contribution in [3.8, 4) is 0 Å². The Bertz CT molecular complexity index is 744. The molecule has 1 fully saturated rings. The molecule has 1 heterocycles. The Balaban J connectivity index is 1.50. The van der Waals surface area contributed by atoms with Crippen molar-refractivity contribution in [2.45, 2.75) is 6.54 Å². The molecule has 0 atom stereocenters. The van der Waals surface area contributed by atoms with Crippen molar-refractivity contribution < 1.29 is 0 Å². The van der Waals surface area contributed by atoms with Gasteiger partial charge in [-0.1, -0.05) is 46.9 Å². The molecule has 0 aliphatic carbocycles. The lowest BCUT2D eigenvalue weighted by Gasteiger charge is -2.36. The van der Waals surface area contributed by atoms with E-state index in [0.717, 1.165) is 43.4 Å². The molecule has 2 aromatic rings. The minimum atomic E-state index is 0.516. The molecule has 0 unspecified atom stereocenters. The molecule has 0 spiro atoms. The first kappa shape index (κ1) is 18.7. The Hall–Kier alpha value is -1.04.